The zero-order chi connectivity index (χ0) is 7.40. The smallest absolute Gasteiger partial charge is 0.379 e. The van der Waals surface area contributed by atoms with Crippen LogP contribution in [-0.2, 0) is 18.0 Å². The quantitative estimate of drug-likeness (QED) is 0.402. The summed E-state index contributed by atoms with van der Waals surface area (Å²) in [6.45, 7) is 1.42. The van der Waals surface area contributed by atoms with Gasteiger partial charge in [-0.1, -0.05) is 0 Å². The standard InChI is InChI=1S/C5H12O4Si/c1-6-10(7-2)9-4-5-3-8-5/h5,10H,3-4H2,1-2H3. The van der Waals surface area contributed by atoms with E-state index in [4.69, 9.17) is 18.0 Å². The van der Waals surface area contributed by atoms with Crippen LogP contribution in [-0.4, -0.2) is 43.1 Å². The number of rotatable bonds is 5. The Bertz CT molecular complexity index is 91.6. The number of hydrogen-bond donors (Lipinski definition) is 0. The first-order valence-electron chi connectivity index (χ1n) is 3.15. The molecule has 60 valence electrons. The van der Waals surface area contributed by atoms with Gasteiger partial charge in [-0.05, 0) is 0 Å². The third-order valence-electron chi connectivity index (χ3n) is 1.21. The lowest BCUT2D eigenvalue weighted by molar-refractivity contribution is 0.125. The number of epoxide rings is 1. The van der Waals surface area contributed by atoms with E-state index in [1.807, 2.05) is 0 Å². The predicted molar refractivity (Wildman–Crippen MR) is 36.9 cm³/mol. The Balaban J connectivity index is 1.97. The molecule has 0 saturated carbocycles. The molecule has 1 unspecified atom stereocenters. The van der Waals surface area contributed by atoms with Gasteiger partial charge in [-0.25, -0.2) is 0 Å². The molecule has 1 rings (SSSR count). The zero-order valence-electron chi connectivity index (χ0n) is 6.20. The topological polar surface area (TPSA) is 40.2 Å². The van der Waals surface area contributed by atoms with Crippen molar-refractivity contribution in [1.82, 2.24) is 0 Å². The summed E-state index contributed by atoms with van der Waals surface area (Å²) in [5.74, 6) is 0. The Morgan fingerprint density at radius 1 is 1.50 bits per heavy atom. The van der Waals surface area contributed by atoms with E-state index in [9.17, 15) is 0 Å². The van der Waals surface area contributed by atoms with E-state index in [2.05, 4.69) is 0 Å². The molecule has 1 fully saturated rings. The van der Waals surface area contributed by atoms with Crippen LogP contribution in [0.15, 0.2) is 0 Å². The highest BCUT2D eigenvalue weighted by Gasteiger charge is 2.25. The Hall–Kier alpha value is 0.0569. The Morgan fingerprint density at radius 2 is 2.10 bits per heavy atom. The summed E-state index contributed by atoms with van der Waals surface area (Å²) >= 11 is 0. The van der Waals surface area contributed by atoms with Crippen molar-refractivity contribution in [2.45, 2.75) is 6.10 Å². The van der Waals surface area contributed by atoms with E-state index < -0.39 is 9.53 Å². The molecule has 0 amide bonds. The average Bonchev–Trinajstić information content (AvgIpc) is 2.74. The van der Waals surface area contributed by atoms with Gasteiger partial charge in [-0.2, -0.15) is 0 Å². The largest absolute Gasteiger partial charge is 0.483 e. The molecule has 0 aromatic rings. The summed E-state index contributed by atoms with van der Waals surface area (Å²) < 4.78 is 20.0. The fraction of sp³-hybridized carbons (Fsp3) is 1.00. The van der Waals surface area contributed by atoms with E-state index >= 15 is 0 Å². The van der Waals surface area contributed by atoms with Gasteiger partial charge in [0.2, 0.25) is 0 Å². The number of ether oxygens (including phenoxy) is 1. The van der Waals surface area contributed by atoms with Crippen LogP contribution < -0.4 is 0 Å². The first-order valence-corrected chi connectivity index (χ1v) is 4.57. The van der Waals surface area contributed by atoms with Crippen LogP contribution in [0.25, 0.3) is 0 Å². The highest BCUT2D eigenvalue weighted by atomic mass is 28.3. The molecule has 4 nitrogen and oxygen atoms in total. The fourth-order valence-corrected chi connectivity index (χ4v) is 1.42. The molecule has 1 atom stereocenters. The van der Waals surface area contributed by atoms with E-state index in [0.717, 1.165) is 6.61 Å². The second-order valence-corrected chi connectivity index (χ2v) is 3.90. The third kappa shape index (κ3) is 2.76. The molecule has 1 aliphatic rings. The maximum atomic E-state index is 5.23. The SMILES string of the molecule is CO[SiH](OC)OCC1CO1. The maximum absolute atomic E-state index is 5.23. The monoisotopic (exact) mass is 164 g/mol. The van der Waals surface area contributed by atoms with Gasteiger partial charge < -0.3 is 18.0 Å². The van der Waals surface area contributed by atoms with Crippen molar-refractivity contribution < 1.29 is 18.0 Å². The Morgan fingerprint density at radius 3 is 2.50 bits per heavy atom. The van der Waals surface area contributed by atoms with Crippen molar-refractivity contribution in [2.75, 3.05) is 27.4 Å². The molecule has 10 heavy (non-hydrogen) atoms. The summed E-state index contributed by atoms with van der Waals surface area (Å²) in [5.41, 5.74) is 0. The van der Waals surface area contributed by atoms with Crippen LogP contribution in [0.1, 0.15) is 0 Å². The van der Waals surface area contributed by atoms with Crippen molar-refractivity contribution in [3.8, 4) is 0 Å². The van der Waals surface area contributed by atoms with Crippen molar-refractivity contribution in [3.05, 3.63) is 0 Å². The molecular formula is C5H12O4Si. The first-order chi connectivity index (χ1) is 4.86. The van der Waals surface area contributed by atoms with E-state index in [-0.39, 0.29) is 0 Å². The van der Waals surface area contributed by atoms with Crippen LogP contribution in [0, 0.1) is 0 Å². The normalized spacial score (nSPS) is 23.7. The van der Waals surface area contributed by atoms with Gasteiger partial charge in [0.25, 0.3) is 0 Å². The summed E-state index contributed by atoms with van der Waals surface area (Å²) in [6, 6.07) is 0. The van der Waals surface area contributed by atoms with E-state index in [1.54, 1.807) is 14.2 Å². The minimum Gasteiger partial charge on any atom is -0.379 e. The van der Waals surface area contributed by atoms with Gasteiger partial charge in [0.05, 0.1) is 13.2 Å². The van der Waals surface area contributed by atoms with E-state index in [1.165, 1.54) is 0 Å². The second-order valence-electron chi connectivity index (χ2n) is 2.05. The van der Waals surface area contributed by atoms with Gasteiger partial charge in [0, 0.05) is 14.2 Å². The molecule has 0 aromatic heterocycles. The van der Waals surface area contributed by atoms with Crippen molar-refractivity contribution in [2.24, 2.45) is 0 Å². The molecule has 1 aliphatic heterocycles. The van der Waals surface area contributed by atoms with Gasteiger partial charge >= 0.3 is 9.53 Å². The van der Waals surface area contributed by atoms with Crippen molar-refractivity contribution in [3.63, 3.8) is 0 Å². The Labute approximate surface area is 62.0 Å². The summed E-state index contributed by atoms with van der Waals surface area (Å²) in [6.07, 6.45) is 0.292. The van der Waals surface area contributed by atoms with Crippen LogP contribution >= 0.6 is 0 Å². The number of hydrogen-bond acceptors (Lipinski definition) is 4. The summed E-state index contributed by atoms with van der Waals surface area (Å²) in [7, 11) is 1.39. The second kappa shape index (κ2) is 4.04. The maximum Gasteiger partial charge on any atom is 0.483 e. The summed E-state index contributed by atoms with van der Waals surface area (Å²) in [5, 5.41) is 0. The van der Waals surface area contributed by atoms with Crippen molar-refractivity contribution >= 4 is 9.53 Å². The highest BCUT2D eigenvalue weighted by Crippen LogP contribution is 2.09. The minimum atomic E-state index is -1.79. The molecule has 5 heteroatoms. The summed E-state index contributed by atoms with van der Waals surface area (Å²) in [4.78, 5) is 0. The molecular weight excluding hydrogens is 152 g/mol. The first kappa shape index (κ1) is 8.16. The van der Waals surface area contributed by atoms with Crippen molar-refractivity contribution in [1.29, 1.82) is 0 Å². The van der Waals surface area contributed by atoms with Gasteiger partial charge in [0.15, 0.2) is 0 Å². The van der Waals surface area contributed by atoms with Crippen LogP contribution in [0.5, 0.6) is 0 Å². The molecule has 0 aliphatic carbocycles. The van der Waals surface area contributed by atoms with E-state index in [0.29, 0.717) is 12.7 Å². The zero-order valence-corrected chi connectivity index (χ0v) is 7.36. The van der Waals surface area contributed by atoms with Gasteiger partial charge in [0.1, 0.15) is 6.10 Å². The predicted octanol–water partition coefficient (Wildman–Crippen LogP) is -0.588. The minimum absolute atomic E-state index is 0.292. The highest BCUT2D eigenvalue weighted by molar-refractivity contribution is 6.36. The lowest BCUT2D eigenvalue weighted by atomic mass is 10.5. The lowest BCUT2D eigenvalue weighted by Gasteiger charge is -2.09. The molecule has 0 spiro atoms. The molecule has 0 bridgehead atoms. The van der Waals surface area contributed by atoms with Crippen LogP contribution in [0.3, 0.4) is 0 Å². The average molecular weight is 164 g/mol. The molecule has 0 N–H and O–H groups in total. The molecule has 0 aromatic carbocycles. The van der Waals surface area contributed by atoms with Crippen LogP contribution in [0.4, 0.5) is 0 Å². The van der Waals surface area contributed by atoms with Gasteiger partial charge in [-0.15, -0.1) is 0 Å². The third-order valence-corrected chi connectivity index (χ3v) is 2.44. The lowest BCUT2D eigenvalue weighted by Crippen LogP contribution is -2.25. The van der Waals surface area contributed by atoms with Gasteiger partial charge in [-0.3, -0.25) is 0 Å². The molecule has 1 saturated heterocycles. The molecule has 1 heterocycles. The molecule has 0 radical (unpaired) electrons. The fourth-order valence-electron chi connectivity index (χ4n) is 0.582. The van der Waals surface area contributed by atoms with Crippen LogP contribution in [0.2, 0.25) is 0 Å². The Kier molecular flexibility index (Phi) is 3.30.